The Morgan fingerprint density at radius 2 is 2.30 bits per heavy atom. The van der Waals surface area contributed by atoms with Crippen LogP contribution in [0.3, 0.4) is 0 Å². The molecule has 1 heterocycles. The number of hydrogen-bond donors (Lipinski definition) is 0. The van der Waals surface area contributed by atoms with E-state index in [1.165, 1.54) is 0 Å². The first kappa shape index (κ1) is 6.47. The van der Waals surface area contributed by atoms with E-state index >= 15 is 0 Å². The van der Waals surface area contributed by atoms with Crippen LogP contribution in [0.25, 0.3) is 0 Å². The minimum atomic E-state index is -0.0691. The molecule has 0 spiro atoms. The van der Waals surface area contributed by atoms with Crippen molar-refractivity contribution in [3.8, 4) is 0 Å². The molecule has 2 nitrogen and oxygen atoms in total. The van der Waals surface area contributed by atoms with Gasteiger partial charge in [-0.15, -0.1) is 11.6 Å². The summed E-state index contributed by atoms with van der Waals surface area (Å²) >= 11 is 5.90. The smallest absolute Gasteiger partial charge is 0.306 e. The number of fused-ring (bicyclic) bond motifs is 1. The Balaban J connectivity index is 2.12. The highest BCUT2D eigenvalue weighted by Crippen LogP contribution is 2.39. The molecule has 2 rings (SSSR count). The number of alkyl halides is 1. The van der Waals surface area contributed by atoms with Gasteiger partial charge in [0.2, 0.25) is 0 Å². The van der Waals surface area contributed by atoms with Gasteiger partial charge in [-0.1, -0.05) is 0 Å². The fraction of sp³-hybridized carbons (Fsp3) is 0.857. The molecule has 0 bridgehead atoms. The lowest BCUT2D eigenvalue weighted by Crippen LogP contribution is -2.18. The molecule has 1 saturated carbocycles. The standard InChI is InChI=1S/C7H9ClO2/c8-5-2-1-4-3-6(9)10-7(4)5/h4-5,7H,1-3H2/t4-,5-,7+/m0/s1. The molecule has 0 amide bonds. The highest BCUT2D eigenvalue weighted by molar-refractivity contribution is 6.21. The molecule has 1 aliphatic carbocycles. The molecule has 1 saturated heterocycles. The SMILES string of the molecule is O=C1C[C@@H]2CC[C@H](Cl)[C@@H]2O1. The summed E-state index contributed by atoms with van der Waals surface area (Å²) in [5.74, 6) is 0.357. The maximum atomic E-state index is 10.7. The summed E-state index contributed by atoms with van der Waals surface area (Å²) in [6.45, 7) is 0. The van der Waals surface area contributed by atoms with Crippen molar-refractivity contribution in [2.24, 2.45) is 5.92 Å². The lowest BCUT2D eigenvalue weighted by Gasteiger charge is -2.09. The van der Waals surface area contributed by atoms with Gasteiger partial charge >= 0.3 is 5.97 Å². The fourth-order valence-corrected chi connectivity index (χ4v) is 2.18. The number of ether oxygens (including phenoxy) is 1. The molecule has 0 aromatic heterocycles. The first-order chi connectivity index (χ1) is 4.77. The topological polar surface area (TPSA) is 26.3 Å². The Bertz CT molecular complexity index is 169. The van der Waals surface area contributed by atoms with E-state index in [9.17, 15) is 4.79 Å². The van der Waals surface area contributed by atoms with Gasteiger partial charge in [0.25, 0.3) is 0 Å². The van der Waals surface area contributed by atoms with Gasteiger partial charge in [0.1, 0.15) is 6.10 Å². The first-order valence-electron chi connectivity index (χ1n) is 3.61. The highest BCUT2D eigenvalue weighted by Gasteiger charge is 2.43. The Labute approximate surface area is 64.5 Å². The molecule has 2 fully saturated rings. The number of carbonyl (C=O) groups excluding carboxylic acids is 1. The quantitative estimate of drug-likeness (QED) is 0.395. The Hall–Kier alpha value is -0.240. The minimum absolute atomic E-state index is 0.0363. The fourth-order valence-electron chi connectivity index (χ4n) is 1.80. The Morgan fingerprint density at radius 3 is 3.00 bits per heavy atom. The lowest BCUT2D eigenvalue weighted by atomic mass is 10.1. The van der Waals surface area contributed by atoms with Gasteiger partial charge in [-0.3, -0.25) is 4.79 Å². The Kier molecular flexibility index (Phi) is 1.37. The Morgan fingerprint density at radius 1 is 1.50 bits per heavy atom. The van der Waals surface area contributed by atoms with Gasteiger partial charge in [0, 0.05) is 5.92 Å². The highest BCUT2D eigenvalue weighted by atomic mass is 35.5. The van der Waals surface area contributed by atoms with E-state index in [0.717, 1.165) is 12.8 Å². The number of esters is 1. The number of hydrogen-bond acceptors (Lipinski definition) is 2. The van der Waals surface area contributed by atoms with Crippen LogP contribution in [-0.2, 0) is 9.53 Å². The molecule has 0 aromatic rings. The summed E-state index contributed by atoms with van der Waals surface area (Å²) in [6, 6.07) is 0. The van der Waals surface area contributed by atoms with Crippen LogP contribution < -0.4 is 0 Å². The second kappa shape index (κ2) is 2.12. The zero-order valence-corrected chi connectivity index (χ0v) is 6.30. The molecule has 10 heavy (non-hydrogen) atoms. The van der Waals surface area contributed by atoms with E-state index in [1.807, 2.05) is 0 Å². The summed E-state index contributed by atoms with van der Waals surface area (Å²) in [5, 5.41) is 0.0800. The van der Waals surface area contributed by atoms with Crippen molar-refractivity contribution in [3.63, 3.8) is 0 Å². The molecule has 0 N–H and O–H groups in total. The van der Waals surface area contributed by atoms with E-state index < -0.39 is 0 Å². The first-order valence-corrected chi connectivity index (χ1v) is 4.04. The second-order valence-corrected chi connectivity index (χ2v) is 3.57. The van der Waals surface area contributed by atoms with E-state index in [-0.39, 0.29) is 17.5 Å². The van der Waals surface area contributed by atoms with Crippen molar-refractivity contribution in [2.45, 2.75) is 30.7 Å². The predicted molar refractivity (Wildman–Crippen MR) is 36.9 cm³/mol. The van der Waals surface area contributed by atoms with Crippen LogP contribution in [0.4, 0.5) is 0 Å². The zero-order valence-electron chi connectivity index (χ0n) is 5.55. The lowest BCUT2D eigenvalue weighted by molar-refractivity contribution is -0.141. The average Bonchev–Trinajstić information content (AvgIpc) is 2.35. The summed E-state index contributed by atoms with van der Waals surface area (Å²) < 4.78 is 5.03. The van der Waals surface area contributed by atoms with Gasteiger partial charge < -0.3 is 4.74 Å². The maximum Gasteiger partial charge on any atom is 0.306 e. The van der Waals surface area contributed by atoms with Crippen molar-refractivity contribution in [3.05, 3.63) is 0 Å². The van der Waals surface area contributed by atoms with Crippen LogP contribution >= 0.6 is 11.6 Å². The third-order valence-corrected chi connectivity index (χ3v) is 2.80. The summed E-state index contributed by atoms with van der Waals surface area (Å²) in [7, 11) is 0. The molecule has 0 radical (unpaired) electrons. The van der Waals surface area contributed by atoms with E-state index in [1.54, 1.807) is 0 Å². The van der Waals surface area contributed by atoms with Crippen molar-refractivity contribution < 1.29 is 9.53 Å². The number of rotatable bonds is 0. The molecule has 0 unspecified atom stereocenters. The molecule has 0 aromatic carbocycles. The van der Waals surface area contributed by atoms with Crippen LogP contribution in [0.1, 0.15) is 19.3 Å². The minimum Gasteiger partial charge on any atom is -0.460 e. The molecule has 3 heteroatoms. The monoisotopic (exact) mass is 160 g/mol. The average molecular weight is 161 g/mol. The predicted octanol–water partition coefficient (Wildman–Crippen LogP) is 1.32. The van der Waals surface area contributed by atoms with Crippen LogP contribution in [0.5, 0.6) is 0 Å². The zero-order chi connectivity index (χ0) is 7.14. The summed E-state index contributed by atoms with van der Waals surface area (Å²) in [6.07, 6.45) is 2.69. The third kappa shape index (κ3) is 0.823. The van der Waals surface area contributed by atoms with Gasteiger partial charge in [0.15, 0.2) is 0 Å². The van der Waals surface area contributed by atoms with Crippen molar-refractivity contribution >= 4 is 17.6 Å². The summed E-state index contributed by atoms with van der Waals surface area (Å²) in [5.41, 5.74) is 0. The molecule has 1 aliphatic heterocycles. The second-order valence-electron chi connectivity index (χ2n) is 3.01. The van der Waals surface area contributed by atoms with Crippen molar-refractivity contribution in [1.29, 1.82) is 0 Å². The number of carbonyl (C=O) groups is 1. The third-order valence-electron chi connectivity index (χ3n) is 2.33. The van der Waals surface area contributed by atoms with Gasteiger partial charge in [-0.05, 0) is 12.8 Å². The van der Waals surface area contributed by atoms with Crippen LogP contribution in [0.15, 0.2) is 0 Å². The van der Waals surface area contributed by atoms with Crippen molar-refractivity contribution in [1.82, 2.24) is 0 Å². The van der Waals surface area contributed by atoms with Gasteiger partial charge in [0.05, 0.1) is 11.8 Å². The van der Waals surface area contributed by atoms with E-state index in [0.29, 0.717) is 12.3 Å². The van der Waals surface area contributed by atoms with Gasteiger partial charge in [-0.25, -0.2) is 0 Å². The summed E-state index contributed by atoms with van der Waals surface area (Å²) in [4.78, 5) is 10.7. The van der Waals surface area contributed by atoms with Crippen molar-refractivity contribution in [2.75, 3.05) is 0 Å². The van der Waals surface area contributed by atoms with Crippen LogP contribution in [0, 0.1) is 5.92 Å². The van der Waals surface area contributed by atoms with Crippen LogP contribution in [-0.4, -0.2) is 17.5 Å². The molecule has 3 atom stereocenters. The largest absolute Gasteiger partial charge is 0.460 e. The van der Waals surface area contributed by atoms with E-state index in [2.05, 4.69) is 0 Å². The molecule has 2 aliphatic rings. The number of halogens is 1. The maximum absolute atomic E-state index is 10.7. The normalized spacial score (nSPS) is 45.3. The van der Waals surface area contributed by atoms with E-state index in [4.69, 9.17) is 16.3 Å². The molecule has 56 valence electrons. The van der Waals surface area contributed by atoms with Gasteiger partial charge in [-0.2, -0.15) is 0 Å². The molecular formula is C7H9ClO2. The molecular weight excluding hydrogens is 152 g/mol. The van der Waals surface area contributed by atoms with Crippen LogP contribution in [0.2, 0.25) is 0 Å².